The summed E-state index contributed by atoms with van der Waals surface area (Å²) in [5.74, 6) is 0.296. The van der Waals surface area contributed by atoms with E-state index in [1.165, 1.54) is 55.4 Å². The van der Waals surface area contributed by atoms with E-state index in [4.69, 9.17) is 0 Å². The van der Waals surface area contributed by atoms with Gasteiger partial charge in [-0.1, -0.05) is 22.4 Å². The van der Waals surface area contributed by atoms with Crippen molar-refractivity contribution < 1.29 is 4.79 Å². The molecule has 2 heterocycles. The van der Waals surface area contributed by atoms with Gasteiger partial charge < -0.3 is 4.90 Å². The molecule has 1 saturated heterocycles. The number of alkyl halides is 1. The third-order valence-electron chi connectivity index (χ3n) is 4.77. The van der Waals surface area contributed by atoms with Crippen LogP contribution in [0.5, 0.6) is 0 Å². The number of halogens is 1. The highest BCUT2D eigenvalue weighted by Crippen LogP contribution is 2.32. The first kappa shape index (κ1) is 15.5. The molecule has 0 spiro atoms. The molecule has 0 bridgehead atoms. The molecule has 1 aliphatic carbocycles. The fourth-order valence-corrected chi connectivity index (χ4v) is 5.16. The number of hydrogen-bond acceptors (Lipinski definition) is 2. The SMILES string of the molecule is O=C(c1cc2c(s1)CCCCC2)N1CCCC1CCCBr. The maximum absolute atomic E-state index is 12.8. The van der Waals surface area contributed by atoms with E-state index in [0.717, 1.165) is 29.6 Å². The van der Waals surface area contributed by atoms with Crippen LogP contribution >= 0.6 is 27.3 Å². The van der Waals surface area contributed by atoms with Gasteiger partial charge >= 0.3 is 0 Å². The van der Waals surface area contributed by atoms with Crippen molar-refractivity contribution >= 4 is 33.2 Å². The van der Waals surface area contributed by atoms with E-state index in [0.29, 0.717) is 11.9 Å². The van der Waals surface area contributed by atoms with Crippen LogP contribution in [0.1, 0.15) is 65.1 Å². The van der Waals surface area contributed by atoms with Gasteiger partial charge in [-0.05, 0) is 63.0 Å². The molecule has 1 aliphatic heterocycles. The lowest BCUT2D eigenvalue weighted by Gasteiger charge is -2.24. The summed E-state index contributed by atoms with van der Waals surface area (Å²) in [4.78, 5) is 17.5. The maximum Gasteiger partial charge on any atom is 0.264 e. The van der Waals surface area contributed by atoms with Crippen molar-refractivity contribution in [3.63, 3.8) is 0 Å². The second-order valence-electron chi connectivity index (χ2n) is 6.25. The number of nitrogens with zero attached hydrogens (tertiary/aromatic N) is 1. The standard InChI is InChI=1S/C17H24BrNOS/c18-10-4-7-14-8-5-11-19(14)17(20)16-12-13-6-2-1-3-9-15(13)21-16/h12,14H,1-11H2. The number of hydrogen-bond donors (Lipinski definition) is 0. The summed E-state index contributed by atoms with van der Waals surface area (Å²) < 4.78 is 0. The Morgan fingerprint density at radius 2 is 2.14 bits per heavy atom. The Morgan fingerprint density at radius 3 is 3.00 bits per heavy atom. The molecule has 3 rings (SSSR count). The quantitative estimate of drug-likeness (QED) is 0.551. The third kappa shape index (κ3) is 3.53. The molecule has 21 heavy (non-hydrogen) atoms. The second-order valence-corrected chi connectivity index (χ2v) is 8.18. The zero-order chi connectivity index (χ0) is 14.7. The topological polar surface area (TPSA) is 20.3 Å². The van der Waals surface area contributed by atoms with Crippen LogP contribution in [0.25, 0.3) is 0 Å². The summed E-state index contributed by atoms with van der Waals surface area (Å²) >= 11 is 5.27. The van der Waals surface area contributed by atoms with Crippen molar-refractivity contribution in [3.8, 4) is 0 Å². The van der Waals surface area contributed by atoms with Gasteiger partial charge in [0.2, 0.25) is 0 Å². The highest BCUT2D eigenvalue weighted by atomic mass is 79.9. The normalized spacial score (nSPS) is 22.1. The van der Waals surface area contributed by atoms with Crippen molar-refractivity contribution in [1.82, 2.24) is 4.90 Å². The Kier molecular flexibility index (Phi) is 5.38. The number of amides is 1. The number of thiophene rings is 1. The van der Waals surface area contributed by atoms with Crippen LogP contribution in [0.15, 0.2) is 6.07 Å². The predicted octanol–water partition coefficient (Wildman–Crippen LogP) is 4.80. The van der Waals surface area contributed by atoms with Gasteiger partial charge in [-0.15, -0.1) is 11.3 Å². The minimum atomic E-state index is 0.296. The van der Waals surface area contributed by atoms with Gasteiger partial charge in [-0.3, -0.25) is 4.79 Å². The van der Waals surface area contributed by atoms with Crippen molar-refractivity contribution in [3.05, 3.63) is 21.4 Å². The van der Waals surface area contributed by atoms with Crippen LogP contribution in [0, 0.1) is 0 Å². The fourth-order valence-electron chi connectivity index (χ4n) is 3.63. The molecule has 0 aromatic carbocycles. The highest BCUT2D eigenvalue weighted by Gasteiger charge is 2.30. The van der Waals surface area contributed by atoms with Crippen LogP contribution in [0.2, 0.25) is 0 Å². The van der Waals surface area contributed by atoms with Crippen molar-refractivity contribution in [2.75, 3.05) is 11.9 Å². The molecule has 1 unspecified atom stereocenters. The van der Waals surface area contributed by atoms with Gasteiger partial charge in [0.15, 0.2) is 0 Å². The van der Waals surface area contributed by atoms with E-state index >= 15 is 0 Å². The fraction of sp³-hybridized carbons (Fsp3) is 0.706. The van der Waals surface area contributed by atoms with Crippen molar-refractivity contribution in [2.45, 2.75) is 63.8 Å². The lowest BCUT2D eigenvalue weighted by atomic mass is 10.1. The minimum absolute atomic E-state index is 0.296. The van der Waals surface area contributed by atoms with E-state index < -0.39 is 0 Å². The van der Waals surface area contributed by atoms with Crippen LogP contribution in [0.4, 0.5) is 0 Å². The predicted molar refractivity (Wildman–Crippen MR) is 92.7 cm³/mol. The molecule has 1 fully saturated rings. The lowest BCUT2D eigenvalue weighted by Crippen LogP contribution is -2.35. The first-order valence-corrected chi connectivity index (χ1v) is 10.2. The Bertz CT molecular complexity index is 475. The van der Waals surface area contributed by atoms with E-state index in [1.54, 1.807) is 11.3 Å². The molecule has 1 atom stereocenters. The molecular formula is C17H24BrNOS. The maximum atomic E-state index is 12.8. The smallest absolute Gasteiger partial charge is 0.264 e. The van der Waals surface area contributed by atoms with Gasteiger partial charge in [0.05, 0.1) is 4.88 Å². The highest BCUT2D eigenvalue weighted by molar-refractivity contribution is 9.09. The average molecular weight is 370 g/mol. The summed E-state index contributed by atoms with van der Waals surface area (Å²) in [6.07, 6.45) is 10.9. The summed E-state index contributed by atoms with van der Waals surface area (Å²) in [5.41, 5.74) is 1.46. The molecule has 4 heteroatoms. The summed E-state index contributed by atoms with van der Waals surface area (Å²) in [5, 5.41) is 1.04. The molecule has 1 aromatic heterocycles. The molecular weight excluding hydrogens is 346 g/mol. The van der Waals surface area contributed by atoms with Gasteiger partial charge in [-0.2, -0.15) is 0 Å². The van der Waals surface area contributed by atoms with Crippen LogP contribution in [0.3, 0.4) is 0 Å². The number of carbonyl (C=O) groups excluding carboxylic acids is 1. The zero-order valence-electron chi connectivity index (χ0n) is 12.6. The first-order chi connectivity index (χ1) is 10.3. The largest absolute Gasteiger partial charge is 0.335 e. The van der Waals surface area contributed by atoms with Crippen molar-refractivity contribution in [2.24, 2.45) is 0 Å². The van der Waals surface area contributed by atoms with Crippen LogP contribution in [-0.4, -0.2) is 28.7 Å². The molecule has 116 valence electrons. The monoisotopic (exact) mass is 369 g/mol. The minimum Gasteiger partial charge on any atom is -0.335 e. The third-order valence-corrected chi connectivity index (χ3v) is 6.55. The second kappa shape index (κ2) is 7.28. The number of fused-ring (bicyclic) bond motifs is 1. The Balaban J connectivity index is 1.72. The van der Waals surface area contributed by atoms with E-state index in [-0.39, 0.29) is 0 Å². The Hall–Kier alpha value is -0.350. The van der Waals surface area contributed by atoms with E-state index in [2.05, 4.69) is 26.9 Å². The lowest BCUT2D eigenvalue weighted by molar-refractivity contribution is 0.0735. The van der Waals surface area contributed by atoms with E-state index in [9.17, 15) is 4.79 Å². The van der Waals surface area contributed by atoms with Crippen LogP contribution in [-0.2, 0) is 12.8 Å². The van der Waals surface area contributed by atoms with Crippen molar-refractivity contribution in [1.29, 1.82) is 0 Å². The van der Waals surface area contributed by atoms with E-state index in [1.807, 2.05) is 0 Å². The van der Waals surface area contributed by atoms with Gasteiger partial charge in [0.1, 0.15) is 0 Å². The Labute approximate surface area is 140 Å². The number of carbonyl (C=O) groups is 1. The summed E-state index contributed by atoms with van der Waals surface area (Å²) in [6.45, 7) is 0.953. The number of aryl methyl sites for hydroxylation is 2. The number of likely N-dealkylation sites (tertiary alicyclic amines) is 1. The van der Waals surface area contributed by atoms with Gasteiger partial charge in [0.25, 0.3) is 5.91 Å². The van der Waals surface area contributed by atoms with Gasteiger partial charge in [-0.25, -0.2) is 0 Å². The Morgan fingerprint density at radius 1 is 1.29 bits per heavy atom. The molecule has 0 radical (unpaired) electrons. The molecule has 1 aromatic rings. The first-order valence-electron chi connectivity index (χ1n) is 8.28. The number of rotatable bonds is 4. The van der Waals surface area contributed by atoms with Crippen LogP contribution < -0.4 is 0 Å². The van der Waals surface area contributed by atoms with Gasteiger partial charge in [0, 0.05) is 22.8 Å². The zero-order valence-corrected chi connectivity index (χ0v) is 15.0. The summed E-state index contributed by atoms with van der Waals surface area (Å²) in [6, 6.07) is 2.67. The molecule has 2 nitrogen and oxygen atoms in total. The molecule has 1 amide bonds. The molecule has 0 saturated carbocycles. The summed E-state index contributed by atoms with van der Waals surface area (Å²) in [7, 11) is 0. The average Bonchev–Trinajstić information content (AvgIpc) is 3.06. The molecule has 0 N–H and O–H groups in total. The molecule has 2 aliphatic rings.